The van der Waals surface area contributed by atoms with Crippen molar-refractivity contribution < 1.29 is 9.53 Å². The molecule has 0 spiro atoms. The molecule has 1 aliphatic rings. The molecule has 8 nitrogen and oxygen atoms in total. The van der Waals surface area contributed by atoms with Crippen LogP contribution in [0.2, 0.25) is 0 Å². The van der Waals surface area contributed by atoms with E-state index < -0.39 is 0 Å². The van der Waals surface area contributed by atoms with Gasteiger partial charge in [-0.3, -0.25) is 4.98 Å². The number of rotatable bonds is 5. The predicted octanol–water partition coefficient (Wildman–Crippen LogP) is 2.69. The van der Waals surface area contributed by atoms with Crippen molar-refractivity contribution >= 4 is 17.5 Å². The summed E-state index contributed by atoms with van der Waals surface area (Å²) in [5.41, 5.74) is 1.75. The van der Waals surface area contributed by atoms with E-state index in [1.54, 1.807) is 18.5 Å². The third kappa shape index (κ3) is 4.59. The van der Waals surface area contributed by atoms with Crippen LogP contribution < -0.4 is 15.4 Å². The van der Waals surface area contributed by atoms with E-state index in [4.69, 9.17) is 4.74 Å². The summed E-state index contributed by atoms with van der Waals surface area (Å²) in [4.78, 5) is 26.6. The molecule has 0 radical (unpaired) electrons. The second-order valence-corrected chi connectivity index (χ2v) is 6.20. The van der Waals surface area contributed by atoms with Gasteiger partial charge in [0.05, 0.1) is 6.61 Å². The molecule has 26 heavy (non-hydrogen) atoms. The first-order valence-corrected chi connectivity index (χ1v) is 8.83. The minimum Gasteiger partial charge on any atom is -0.478 e. The van der Waals surface area contributed by atoms with Crippen LogP contribution in [-0.2, 0) is 0 Å². The fourth-order valence-corrected chi connectivity index (χ4v) is 2.89. The number of hydrogen-bond donors (Lipinski definition) is 2. The Bertz CT molecular complexity index is 746. The Hall–Kier alpha value is -2.90. The quantitative estimate of drug-likeness (QED) is 0.856. The average Bonchev–Trinajstić information content (AvgIpc) is 2.65. The number of amides is 2. The maximum atomic E-state index is 12.4. The lowest BCUT2D eigenvalue weighted by Gasteiger charge is -2.32. The van der Waals surface area contributed by atoms with E-state index >= 15 is 0 Å². The van der Waals surface area contributed by atoms with Crippen molar-refractivity contribution in [3.05, 3.63) is 36.4 Å². The van der Waals surface area contributed by atoms with Crippen molar-refractivity contribution in [1.82, 2.24) is 19.9 Å². The van der Waals surface area contributed by atoms with Crippen molar-refractivity contribution in [1.29, 1.82) is 0 Å². The molecule has 1 aliphatic heterocycles. The van der Waals surface area contributed by atoms with Crippen LogP contribution in [0, 0.1) is 6.92 Å². The number of carbonyl (C=O) groups excluding carboxylic acids is 1. The molecule has 2 aromatic heterocycles. The Morgan fingerprint density at radius 1 is 1.35 bits per heavy atom. The van der Waals surface area contributed by atoms with Crippen LogP contribution in [-0.4, -0.2) is 51.6 Å². The third-order valence-electron chi connectivity index (χ3n) is 4.33. The normalized spacial score (nSPS) is 14.8. The largest absolute Gasteiger partial charge is 0.478 e. The first-order valence-electron chi connectivity index (χ1n) is 8.83. The topological polar surface area (TPSA) is 92.3 Å². The number of pyridine rings is 1. The molecule has 8 heteroatoms. The zero-order valence-corrected chi connectivity index (χ0v) is 15.1. The maximum Gasteiger partial charge on any atom is 0.321 e. The van der Waals surface area contributed by atoms with Gasteiger partial charge in [0.1, 0.15) is 12.1 Å². The number of likely N-dealkylation sites (tertiary alicyclic amines) is 1. The smallest absolute Gasteiger partial charge is 0.321 e. The highest BCUT2D eigenvalue weighted by atomic mass is 16.5. The Morgan fingerprint density at radius 3 is 2.88 bits per heavy atom. The second kappa shape index (κ2) is 8.46. The van der Waals surface area contributed by atoms with Crippen LogP contribution in [0.4, 0.5) is 16.3 Å². The fraction of sp³-hybridized carbons (Fsp3) is 0.444. The van der Waals surface area contributed by atoms with E-state index in [2.05, 4.69) is 25.6 Å². The molecule has 3 rings (SSSR count). The molecule has 1 saturated heterocycles. The summed E-state index contributed by atoms with van der Waals surface area (Å²) in [6.45, 7) is 5.80. The number of ether oxygens (including phenoxy) is 1. The van der Waals surface area contributed by atoms with Crippen LogP contribution in [0.25, 0.3) is 0 Å². The van der Waals surface area contributed by atoms with Crippen molar-refractivity contribution in [3.8, 4) is 5.88 Å². The summed E-state index contributed by atoms with van der Waals surface area (Å²) in [6, 6.07) is 3.81. The van der Waals surface area contributed by atoms with Crippen molar-refractivity contribution in [2.45, 2.75) is 32.7 Å². The van der Waals surface area contributed by atoms with Crippen molar-refractivity contribution in [3.63, 3.8) is 0 Å². The molecule has 0 bridgehead atoms. The second-order valence-electron chi connectivity index (χ2n) is 6.20. The van der Waals surface area contributed by atoms with Gasteiger partial charge in [0.15, 0.2) is 0 Å². The summed E-state index contributed by atoms with van der Waals surface area (Å²) in [5.74, 6) is 1.31. The van der Waals surface area contributed by atoms with Crippen molar-refractivity contribution in [2.75, 3.05) is 30.3 Å². The molecular formula is C18H24N6O2. The number of anilines is 2. The zero-order chi connectivity index (χ0) is 18.4. The van der Waals surface area contributed by atoms with Crippen LogP contribution in [0.5, 0.6) is 5.88 Å². The molecule has 1 fully saturated rings. The number of nitrogens with one attached hydrogen (secondary N) is 2. The molecule has 0 saturated carbocycles. The molecule has 0 atom stereocenters. The van der Waals surface area contributed by atoms with Gasteiger partial charge in [-0.2, -0.15) is 0 Å². The highest BCUT2D eigenvalue weighted by Gasteiger charge is 2.23. The maximum absolute atomic E-state index is 12.4. The number of aromatic nitrogens is 3. The number of aryl methyl sites for hydroxylation is 1. The highest BCUT2D eigenvalue weighted by molar-refractivity contribution is 5.90. The van der Waals surface area contributed by atoms with Gasteiger partial charge in [-0.15, -0.1) is 0 Å². The van der Waals surface area contributed by atoms with Gasteiger partial charge >= 0.3 is 6.03 Å². The lowest BCUT2D eigenvalue weighted by atomic mass is 10.1. The summed E-state index contributed by atoms with van der Waals surface area (Å²) < 4.78 is 5.39. The monoisotopic (exact) mass is 356 g/mol. The van der Waals surface area contributed by atoms with E-state index in [0.29, 0.717) is 25.6 Å². The zero-order valence-electron chi connectivity index (χ0n) is 15.1. The van der Waals surface area contributed by atoms with Crippen LogP contribution in [0.15, 0.2) is 30.9 Å². The molecule has 0 aliphatic carbocycles. The molecule has 0 unspecified atom stereocenters. The number of urea groups is 1. The van der Waals surface area contributed by atoms with Gasteiger partial charge in [0.2, 0.25) is 5.88 Å². The van der Waals surface area contributed by atoms with Crippen molar-refractivity contribution in [2.24, 2.45) is 0 Å². The van der Waals surface area contributed by atoms with E-state index in [-0.39, 0.29) is 12.1 Å². The predicted molar refractivity (Wildman–Crippen MR) is 99.4 cm³/mol. The summed E-state index contributed by atoms with van der Waals surface area (Å²) in [5, 5.41) is 6.36. The number of piperidine rings is 1. The van der Waals surface area contributed by atoms with Crippen LogP contribution >= 0.6 is 0 Å². The molecule has 2 amide bonds. The summed E-state index contributed by atoms with van der Waals surface area (Å²) >= 11 is 0. The van der Waals surface area contributed by atoms with Crippen LogP contribution in [0.3, 0.4) is 0 Å². The Balaban J connectivity index is 1.50. The standard InChI is InChI=1S/C18H24N6O2/c1-3-26-17-10-16(20-12-21-17)22-14-5-8-24(9-6-14)18(25)23-15-4-7-19-11-13(15)2/h4,7,10-12,14H,3,5-6,8-9H2,1-2H3,(H,19,23,25)(H,20,21,22). The van der Waals surface area contributed by atoms with Gasteiger partial charge in [-0.05, 0) is 38.3 Å². The Morgan fingerprint density at radius 2 is 2.15 bits per heavy atom. The number of nitrogens with zero attached hydrogens (tertiary/aromatic N) is 4. The van der Waals surface area contributed by atoms with Gasteiger partial charge < -0.3 is 20.3 Å². The lowest BCUT2D eigenvalue weighted by molar-refractivity contribution is 0.197. The summed E-state index contributed by atoms with van der Waals surface area (Å²) in [6.07, 6.45) is 6.63. The number of hydrogen-bond acceptors (Lipinski definition) is 6. The van der Waals surface area contributed by atoms with Gasteiger partial charge in [-0.25, -0.2) is 14.8 Å². The Labute approximate surface area is 153 Å². The Kier molecular flexibility index (Phi) is 5.83. The van der Waals surface area contributed by atoms with E-state index in [0.717, 1.165) is 29.9 Å². The number of carbonyl (C=O) groups is 1. The lowest BCUT2D eigenvalue weighted by Crippen LogP contribution is -2.44. The summed E-state index contributed by atoms with van der Waals surface area (Å²) in [7, 11) is 0. The SMILES string of the molecule is CCOc1cc(NC2CCN(C(=O)Nc3ccncc3C)CC2)ncn1. The first kappa shape index (κ1) is 17.9. The average molecular weight is 356 g/mol. The van der Waals surface area contributed by atoms with E-state index in [1.165, 1.54) is 6.33 Å². The van der Waals surface area contributed by atoms with Crippen LogP contribution in [0.1, 0.15) is 25.3 Å². The van der Waals surface area contributed by atoms with Gasteiger partial charge in [0.25, 0.3) is 0 Å². The van der Waals surface area contributed by atoms with Gasteiger partial charge in [0, 0.05) is 43.3 Å². The first-order chi connectivity index (χ1) is 12.7. The highest BCUT2D eigenvalue weighted by Crippen LogP contribution is 2.19. The molecule has 2 N–H and O–H groups in total. The fourth-order valence-electron chi connectivity index (χ4n) is 2.89. The van der Waals surface area contributed by atoms with E-state index in [9.17, 15) is 4.79 Å². The van der Waals surface area contributed by atoms with Gasteiger partial charge in [-0.1, -0.05) is 0 Å². The molecule has 2 aromatic rings. The molecule has 3 heterocycles. The molecule has 138 valence electrons. The molecular weight excluding hydrogens is 332 g/mol. The molecule has 0 aromatic carbocycles. The minimum absolute atomic E-state index is 0.0709. The minimum atomic E-state index is -0.0709. The van der Waals surface area contributed by atoms with E-state index in [1.807, 2.05) is 24.8 Å². The third-order valence-corrected chi connectivity index (χ3v) is 4.33.